The van der Waals surface area contributed by atoms with Crippen molar-refractivity contribution in [3.63, 3.8) is 0 Å². The van der Waals surface area contributed by atoms with E-state index in [0.29, 0.717) is 18.3 Å². The van der Waals surface area contributed by atoms with Gasteiger partial charge in [-0.25, -0.2) is 8.42 Å². The molecule has 1 aromatic rings. The van der Waals surface area contributed by atoms with Gasteiger partial charge in [-0.3, -0.25) is 4.79 Å². The molecule has 0 saturated heterocycles. The number of carbonyl (C=O) groups is 1. The molecule has 0 radical (unpaired) electrons. The summed E-state index contributed by atoms with van der Waals surface area (Å²) in [5, 5.41) is 8.86. The third-order valence-corrected chi connectivity index (χ3v) is 3.46. The van der Waals surface area contributed by atoms with Gasteiger partial charge in [0, 0.05) is 16.2 Å². The van der Waals surface area contributed by atoms with E-state index < -0.39 is 9.05 Å². The summed E-state index contributed by atoms with van der Waals surface area (Å²) in [4.78, 5) is 10.6. The number of benzene rings is 1. The minimum atomic E-state index is -3.89. The molecule has 0 spiro atoms. The minimum absolute atomic E-state index is 0.0427. The topological polar surface area (TPSA) is 75.0 Å². The van der Waals surface area contributed by atoms with Gasteiger partial charge in [-0.2, -0.15) is 5.26 Å². The number of carbonyl (C=O) groups excluding carboxylic acids is 1. The number of aldehydes is 1. The fourth-order valence-electron chi connectivity index (χ4n) is 1.35. The van der Waals surface area contributed by atoms with E-state index >= 15 is 0 Å². The van der Waals surface area contributed by atoms with Crippen molar-refractivity contribution in [1.29, 1.82) is 5.26 Å². The Morgan fingerprint density at radius 3 is 2.50 bits per heavy atom. The molecule has 0 aliphatic carbocycles. The lowest BCUT2D eigenvalue weighted by atomic mass is 10.0. The van der Waals surface area contributed by atoms with Crippen LogP contribution in [-0.4, -0.2) is 14.7 Å². The van der Waals surface area contributed by atoms with E-state index in [1.165, 1.54) is 6.07 Å². The maximum atomic E-state index is 11.1. The van der Waals surface area contributed by atoms with Gasteiger partial charge in [-0.15, -0.1) is 0 Å². The maximum absolute atomic E-state index is 11.1. The summed E-state index contributed by atoms with van der Waals surface area (Å²) in [7, 11) is 1.30. The van der Waals surface area contributed by atoms with E-state index in [1.54, 1.807) is 6.92 Å². The van der Waals surface area contributed by atoms with E-state index in [2.05, 4.69) is 0 Å². The van der Waals surface area contributed by atoms with Crippen LogP contribution in [0.25, 0.3) is 0 Å². The highest BCUT2D eigenvalue weighted by Gasteiger charge is 2.16. The smallest absolute Gasteiger partial charge is 0.261 e. The SMILES string of the molecule is CCc1cc(S(=O)(=O)Cl)cc(C=O)c1C#N. The molecule has 0 atom stereocenters. The lowest BCUT2D eigenvalue weighted by Crippen LogP contribution is -2.00. The van der Waals surface area contributed by atoms with Gasteiger partial charge in [-0.05, 0) is 24.1 Å². The highest BCUT2D eigenvalue weighted by Crippen LogP contribution is 2.22. The van der Waals surface area contributed by atoms with Crippen LogP contribution in [0.2, 0.25) is 0 Å². The number of halogens is 1. The number of hydrogen-bond donors (Lipinski definition) is 0. The number of nitrogens with zero attached hydrogens (tertiary/aromatic N) is 1. The van der Waals surface area contributed by atoms with Crippen molar-refractivity contribution in [2.45, 2.75) is 18.2 Å². The van der Waals surface area contributed by atoms with Crippen LogP contribution in [-0.2, 0) is 15.5 Å². The molecule has 84 valence electrons. The van der Waals surface area contributed by atoms with Crippen LogP contribution in [0.4, 0.5) is 0 Å². The fourth-order valence-corrected chi connectivity index (χ4v) is 2.16. The fraction of sp³-hybridized carbons (Fsp3) is 0.200. The second kappa shape index (κ2) is 4.64. The zero-order valence-electron chi connectivity index (χ0n) is 8.40. The van der Waals surface area contributed by atoms with Crippen molar-refractivity contribution in [2.75, 3.05) is 0 Å². The quantitative estimate of drug-likeness (QED) is 0.612. The Kier molecular flexibility index (Phi) is 3.68. The Morgan fingerprint density at radius 1 is 1.50 bits per heavy atom. The van der Waals surface area contributed by atoms with E-state index in [1.807, 2.05) is 6.07 Å². The summed E-state index contributed by atoms with van der Waals surface area (Å²) in [5.41, 5.74) is 0.731. The molecule has 1 rings (SSSR count). The molecule has 4 nitrogen and oxygen atoms in total. The van der Waals surface area contributed by atoms with Crippen molar-refractivity contribution in [1.82, 2.24) is 0 Å². The van der Waals surface area contributed by atoms with Crippen molar-refractivity contribution in [3.8, 4) is 6.07 Å². The van der Waals surface area contributed by atoms with Crippen LogP contribution in [0, 0.1) is 11.3 Å². The first-order chi connectivity index (χ1) is 7.43. The highest BCUT2D eigenvalue weighted by molar-refractivity contribution is 8.13. The number of hydrogen-bond acceptors (Lipinski definition) is 4. The van der Waals surface area contributed by atoms with Gasteiger partial charge in [0.15, 0.2) is 6.29 Å². The maximum Gasteiger partial charge on any atom is 0.261 e. The summed E-state index contributed by atoms with van der Waals surface area (Å²) in [6.45, 7) is 1.76. The molecule has 0 heterocycles. The molecule has 0 unspecified atom stereocenters. The van der Waals surface area contributed by atoms with Gasteiger partial charge in [0.2, 0.25) is 0 Å². The lowest BCUT2D eigenvalue weighted by Gasteiger charge is -2.05. The summed E-state index contributed by atoms with van der Waals surface area (Å²) >= 11 is 0. The Labute approximate surface area is 97.9 Å². The van der Waals surface area contributed by atoms with E-state index in [9.17, 15) is 13.2 Å². The van der Waals surface area contributed by atoms with Crippen molar-refractivity contribution in [3.05, 3.63) is 28.8 Å². The first-order valence-electron chi connectivity index (χ1n) is 4.41. The molecule has 0 fully saturated rings. The number of rotatable bonds is 3. The zero-order valence-corrected chi connectivity index (χ0v) is 9.97. The monoisotopic (exact) mass is 257 g/mol. The van der Waals surface area contributed by atoms with Crippen LogP contribution < -0.4 is 0 Å². The van der Waals surface area contributed by atoms with Gasteiger partial charge in [0.05, 0.1) is 10.5 Å². The largest absolute Gasteiger partial charge is 0.298 e. The molecule has 1 aromatic carbocycles. The van der Waals surface area contributed by atoms with Gasteiger partial charge in [0.25, 0.3) is 9.05 Å². The summed E-state index contributed by atoms with van der Waals surface area (Å²) < 4.78 is 22.3. The van der Waals surface area contributed by atoms with Crippen LogP contribution in [0.5, 0.6) is 0 Å². The average molecular weight is 258 g/mol. The van der Waals surface area contributed by atoms with Crippen molar-refractivity contribution >= 4 is 26.0 Å². The average Bonchev–Trinajstić information content (AvgIpc) is 2.25. The zero-order chi connectivity index (χ0) is 12.3. The van der Waals surface area contributed by atoms with Crippen molar-refractivity contribution in [2.24, 2.45) is 0 Å². The minimum Gasteiger partial charge on any atom is -0.298 e. The standard InChI is InChI=1S/C10H8ClNO3S/c1-2-7-3-9(16(11,14)15)4-8(6-13)10(7)5-12/h3-4,6H,2H2,1H3. The Hall–Kier alpha value is -1.38. The van der Waals surface area contributed by atoms with Crippen LogP contribution in [0.15, 0.2) is 17.0 Å². The Bertz CT molecular complexity index is 572. The highest BCUT2D eigenvalue weighted by atomic mass is 35.7. The third-order valence-electron chi connectivity index (χ3n) is 2.13. The molecular weight excluding hydrogens is 250 g/mol. The van der Waals surface area contributed by atoms with Crippen LogP contribution >= 0.6 is 10.7 Å². The molecule has 16 heavy (non-hydrogen) atoms. The van der Waals surface area contributed by atoms with Crippen LogP contribution in [0.1, 0.15) is 28.4 Å². The first kappa shape index (κ1) is 12.7. The molecule has 0 aliphatic rings. The van der Waals surface area contributed by atoms with Gasteiger partial charge in [-0.1, -0.05) is 6.92 Å². The van der Waals surface area contributed by atoms with E-state index in [0.717, 1.165) is 6.07 Å². The Morgan fingerprint density at radius 2 is 2.12 bits per heavy atom. The number of nitriles is 1. The molecule has 0 aliphatic heterocycles. The van der Waals surface area contributed by atoms with Gasteiger partial charge in [0.1, 0.15) is 6.07 Å². The molecule has 0 bridgehead atoms. The number of aryl methyl sites for hydroxylation is 1. The lowest BCUT2D eigenvalue weighted by molar-refractivity contribution is 0.112. The van der Waals surface area contributed by atoms with E-state index in [4.69, 9.17) is 15.9 Å². The van der Waals surface area contributed by atoms with Crippen molar-refractivity contribution < 1.29 is 13.2 Å². The normalized spacial score (nSPS) is 10.8. The molecular formula is C10H8ClNO3S. The predicted molar refractivity (Wildman–Crippen MR) is 59.0 cm³/mol. The summed E-state index contributed by atoms with van der Waals surface area (Å²) in [5.74, 6) is 0. The molecule has 0 amide bonds. The summed E-state index contributed by atoms with van der Waals surface area (Å²) in [6.07, 6.45) is 0.896. The van der Waals surface area contributed by atoms with Gasteiger partial charge >= 0.3 is 0 Å². The van der Waals surface area contributed by atoms with Gasteiger partial charge < -0.3 is 0 Å². The molecule has 0 aromatic heterocycles. The molecule has 6 heteroatoms. The predicted octanol–water partition coefficient (Wildman–Crippen LogP) is 1.86. The van der Waals surface area contributed by atoms with Crippen LogP contribution in [0.3, 0.4) is 0 Å². The van der Waals surface area contributed by atoms with E-state index in [-0.39, 0.29) is 16.0 Å². The molecule has 0 N–H and O–H groups in total. The Balaban J connectivity index is 3.64. The molecule has 0 saturated carbocycles. The summed E-state index contributed by atoms with van der Waals surface area (Å²) in [6, 6.07) is 4.29. The third kappa shape index (κ3) is 2.40. The first-order valence-corrected chi connectivity index (χ1v) is 6.71. The second-order valence-corrected chi connectivity index (χ2v) is 5.63. The second-order valence-electron chi connectivity index (χ2n) is 3.07.